The van der Waals surface area contributed by atoms with Crippen molar-refractivity contribution in [2.45, 2.75) is 6.92 Å². The normalized spacial score (nSPS) is 10.1. The first kappa shape index (κ1) is 10.5. The van der Waals surface area contributed by atoms with Gasteiger partial charge in [-0.3, -0.25) is 0 Å². The maximum atomic E-state index is 13.1. The molecule has 2 aromatic carbocycles. The quantitative estimate of drug-likeness (QED) is 0.781. The van der Waals surface area contributed by atoms with Gasteiger partial charge in [-0.2, -0.15) is 0 Å². The van der Waals surface area contributed by atoms with E-state index in [1.807, 2.05) is 31.2 Å². The lowest BCUT2D eigenvalue weighted by molar-refractivity contribution is 0.473. The number of aryl methyl sites for hydroxylation is 1. The first-order valence-electron chi connectivity index (χ1n) is 4.95. The Morgan fingerprint density at radius 1 is 1.12 bits per heavy atom. The van der Waals surface area contributed by atoms with Crippen molar-refractivity contribution in [1.29, 1.82) is 0 Å². The van der Waals surface area contributed by atoms with Gasteiger partial charge in [-0.25, -0.2) is 4.39 Å². The molecule has 2 rings (SSSR count). The van der Waals surface area contributed by atoms with Crippen LogP contribution in [0.15, 0.2) is 42.5 Å². The minimum atomic E-state index is -0.399. The Bertz CT molecular complexity index is 491. The summed E-state index contributed by atoms with van der Waals surface area (Å²) in [5.74, 6) is 0.711. The van der Waals surface area contributed by atoms with E-state index < -0.39 is 5.82 Å². The van der Waals surface area contributed by atoms with E-state index in [0.717, 1.165) is 5.56 Å². The predicted octanol–water partition coefficient (Wildman–Crippen LogP) is 3.51. The molecule has 82 valence electrons. The molecule has 0 aliphatic carbocycles. The topological polar surface area (TPSA) is 35.2 Å². The van der Waals surface area contributed by atoms with Gasteiger partial charge in [0, 0.05) is 17.8 Å². The van der Waals surface area contributed by atoms with Gasteiger partial charge in [-0.15, -0.1) is 0 Å². The SMILES string of the molecule is Cc1ccccc1Oc1cc(N)cc(F)c1. The first-order valence-corrected chi connectivity index (χ1v) is 4.95. The van der Waals surface area contributed by atoms with E-state index in [4.69, 9.17) is 10.5 Å². The predicted molar refractivity (Wildman–Crippen MR) is 62.1 cm³/mol. The molecule has 0 amide bonds. The largest absolute Gasteiger partial charge is 0.457 e. The van der Waals surface area contributed by atoms with Crippen molar-refractivity contribution in [2.75, 3.05) is 5.73 Å². The zero-order chi connectivity index (χ0) is 11.5. The Labute approximate surface area is 93.5 Å². The second kappa shape index (κ2) is 4.23. The molecule has 0 heterocycles. The van der Waals surface area contributed by atoms with Crippen LogP contribution < -0.4 is 10.5 Å². The number of benzene rings is 2. The van der Waals surface area contributed by atoms with E-state index in [1.165, 1.54) is 12.1 Å². The molecule has 0 unspecified atom stereocenters. The molecule has 0 bridgehead atoms. The number of nitrogens with two attached hydrogens (primary N) is 1. The molecule has 0 atom stereocenters. The van der Waals surface area contributed by atoms with Crippen LogP contribution in [0.5, 0.6) is 11.5 Å². The molecule has 2 N–H and O–H groups in total. The zero-order valence-corrected chi connectivity index (χ0v) is 8.91. The molecule has 0 saturated heterocycles. The fourth-order valence-corrected chi connectivity index (χ4v) is 1.44. The van der Waals surface area contributed by atoms with Gasteiger partial charge in [0.05, 0.1) is 0 Å². The lowest BCUT2D eigenvalue weighted by Crippen LogP contribution is -1.91. The number of halogens is 1. The van der Waals surface area contributed by atoms with Crippen LogP contribution in [0.4, 0.5) is 10.1 Å². The number of hydrogen-bond donors (Lipinski definition) is 1. The van der Waals surface area contributed by atoms with Crippen molar-refractivity contribution in [1.82, 2.24) is 0 Å². The molecule has 0 saturated carbocycles. The Balaban J connectivity index is 2.30. The molecule has 0 aliphatic heterocycles. The smallest absolute Gasteiger partial charge is 0.132 e. The first-order chi connectivity index (χ1) is 7.65. The maximum Gasteiger partial charge on any atom is 0.132 e. The minimum Gasteiger partial charge on any atom is -0.457 e. The summed E-state index contributed by atoms with van der Waals surface area (Å²) in [4.78, 5) is 0. The van der Waals surface area contributed by atoms with Crippen LogP contribution in [0.1, 0.15) is 5.56 Å². The van der Waals surface area contributed by atoms with Crippen molar-refractivity contribution in [3.05, 3.63) is 53.8 Å². The molecule has 2 nitrogen and oxygen atoms in total. The van der Waals surface area contributed by atoms with E-state index in [1.54, 1.807) is 6.07 Å². The van der Waals surface area contributed by atoms with Crippen molar-refractivity contribution < 1.29 is 9.13 Å². The highest BCUT2D eigenvalue weighted by Crippen LogP contribution is 2.26. The Kier molecular flexibility index (Phi) is 2.77. The summed E-state index contributed by atoms with van der Waals surface area (Å²) >= 11 is 0. The van der Waals surface area contributed by atoms with E-state index in [0.29, 0.717) is 17.2 Å². The fraction of sp³-hybridized carbons (Fsp3) is 0.0769. The van der Waals surface area contributed by atoms with Gasteiger partial charge in [0.2, 0.25) is 0 Å². The summed E-state index contributed by atoms with van der Waals surface area (Å²) in [6, 6.07) is 11.7. The Morgan fingerprint density at radius 2 is 1.88 bits per heavy atom. The van der Waals surface area contributed by atoms with Gasteiger partial charge in [0.25, 0.3) is 0 Å². The van der Waals surface area contributed by atoms with Crippen LogP contribution in [0.2, 0.25) is 0 Å². The van der Waals surface area contributed by atoms with Crippen LogP contribution in [-0.2, 0) is 0 Å². The second-order valence-corrected chi connectivity index (χ2v) is 3.59. The van der Waals surface area contributed by atoms with Crippen LogP contribution in [0.3, 0.4) is 0 Å². The lowest BCUT2D eigenvalue weighted by Gasteiger charge is -2.08. The van der Waals surface area contributed by atoms with Gasteiger partial charge in [0.1, 0.15) is 17.3 Å². The summed E-state index contributed by atoms with van der Waals surface area (Å²) in [5, 5.41) is 0. The molecule has 0 spiro atoms. The van der Waals surface area contributed by atoms with Crippen LogP contribution in [-0.4, -0.2) is 0 Å². The van der Waals surface area contributed by atoms with E-state index >= 15 is 0 Å². The van der Waals surface area contributed by atoms with E-state index in [-0.39, 0.29) is 0 Å². The highest BCUT2D eigenvalue weighted by atomic mass is 19.1. The summed E-state index contributed by atoms with van der Waals surface area (Å²) in [6.45, 7) is 1.93. The summed E-state index contributed by atoms with van der Waals surface area (Å²) in [7, 11) is 0. The average Bonchev–Trinajstić information content (AvgIpc) is 2.20. The number of rotatable bonds is 2. The van der Waals surface area contributed by atoms with Gasteiger partial charge < -0.3 is 10.5 Å². The minimum absolute atomic E-state index is 0.351. The van der Waals surface area contributed by atoms with Gasteiger partial charge >= 0.3 is 0 Å². The Hall–Kier alpha value is -2.03. The number of nitrogen functional groups attached to an aromatic ring is 1. The molecular formula is C13H12FNO. The van der Waals surface area contributed by atoms with Crippen molar-refractivity contribution in [2.24, 2.45) is 0 Å². The number of para-hydroxylation sites is 1. The molecule has 0 radical (unpaired) electrons. The average molecular weight is 217 g/mol. The lowest BCUT2D eigenvalue weighted by atomic mass is 10.2. The highest BCUT2D eigenvalue weighted by molar-refractivity contribution is 5.46. The van der Waals surface area contributed by atoms with Crippen LogP contribution in [0, 0.1) is 12.7 Å². The summed E-state index contributed by atoms with van der Waals surface area (Å²) in [5.41, 5.74) is 6.87. The third-order valence-corrected chi connectivity index (χ3v) is 2.22. The van der Waals surface area contributed by atoms with Gasteiger partial charge in [-0.1, -0.05) is 18.2 Å². The van der Waals surface area contributed by atoms with Crippen molar-refractivity contribution in [3.8, 4) is 11.5 Å². The summed E-state index contributed by atoms with van der Waals surface area (Å²) in [6.07, 6.45) is 0. The zero-order valence-electron chi connectivity index (χ0n) is 8.91. The van der Waals surface area contributed by atoms with Crippen molar-refractivity contribution in [3.63, 3.8) is 0 Å². The van der Waals surface area contributed by atoms with Gasteiger partial charge in [-0.05, 0) is 24.6 Å². The highest BCUT2D eigenvalue weighted by Gasteiger charge is 2.03. The Morgan fingerprint density at radius 3 is 2.56 bits per heavy atom. The number of hydrogen-bond acceptors (Lipinski definition) is 2. The molecule has 0 aromatic heterocycles. The molecule has 0 fully saturated rings. The van der Waals surface area contributed by atoms with Crippen LogP contribution >= 0.6 is 0 Å². The molecule has 0 aliphatic rings. The summed E-state index contributed by atoms with van der Waals surface area (Å²) < 4.78 is 18.6. The van der Waals surface area contributed by atoms with E-state index in [9.17, 15) is 4.39 Å². The standard InChI is InChI=1S/C13H12FNO/c1-9-4-2-3-5-13(9)16-12-7-10(14)6-11(15)8-12/h2-8H,15H2,1H3. The molecule has 16 heavy (non-hydrogen) atoms. The maximum absolute atomic E-state index is 13.1. The van der Waals surface area contributed by atoms with Gasteiger partial charge in [0.15, 0.2) is 0 Å². The van der Waals surface area contributed by atoms with Crippen LogP contribution in [0.25, 0.3) is 0 Å². The number of ether oxygens (including phenoxy) is 1. The second-order valence-electron chi connectivity index (χ2n) is 3.59. The van der Waals surface area contributed by atoms with E-state index in [2.05, 4.69) is 0 Å². The monoisotopic (exact) mass is 217 g/mol. The molecule has 2 aromatic rings. The number of anilines is 1. The fourth-order valence-electron chi connectivity index (χ4n) is 1.44. The molecule has 3 heteroatoms. The third-order valence-electron chi connectivity index (χ3n) is 2.22. The third kappa shape index (κ3) is 2.31. The van der Waals surface area contributed by atoms with Crippen molar-refractivity contribution >= 4 is 5.69 Å². The molecular weight excluding hydrogens is 205 g/mol.